The second-order valence-corrected chi connectivity index (χ2v) is 16.5. The van der Waals surface area contributed by atoms with Crippen LogP contribution < -0.4 is 0 Å². The summed E-state index contributed by atoms with van der Waals surface area (Å²) < 4.78 is 0. The summed E-state index contributed by atoms with van der Waals surface area (Å²) in [6.45, 7) is 8.64. The SMILES string of the molecule is C[Si]C.Cc1ccc(-c2ccccn2)c2cc(-c3ccccc3)[cH-]c12.Cc1ccc(-c2ccccn2)c2cc(-c3ccccc3)[cH-]c12.[Cl][Zr+2][Cl]. The summed E-state index contributed by atoms with van der Waals surface area (Å²) in [5.74, 6) is 0. The molecule has 0 N–H and O–H groups in total. The third-order valence-corrected chi connectivity index (χ3v) is 8.31. The zero-order valence-corrected chi connectivity index (χ0v) is 33.6. The maximum absolute atomic E-state index is 4.93. The summed E-state index contributed by atoms with van der Waals surface area (Å²) in [4.78, 5) is 9.02. The zero-order valence-electron chi connectivity index (χ0n) is 28.7. The van der Waals surface area contributed by atoms with E-state index in [1.165, 1.54) is 66.1 Å². The second-order valence-electron chi connectivity index (χ2n) is 11.7. The van der Waals surface area contributed by atoms with Crippen LogP contribution in [0, 0.1) is 13.8 Å². The van der Waals surface area contributed by atoms with Gasteiger partial charge in [-0.05, 0) is 35.4 Å². The fourth-order valence-electron chi connectivity index (χ4n) is 5.98. The van der Waals surface area contributed by atoms with Crippen LogP contribution >= 0.6 is 17.0 Å². The number of hydrogen-bond acceptors (Lipinski definition) is 2. The van der Waals surface area contributed by atoms with E-state index < -0.39 is 20.8 Å². The van der Waals surface area contributed by atoms with Gasteiger partial charge in [0, 0.05) is 21.9 Å². The standard InChI is InChI=1S/2C21H16N.C2H6Si.2ClH.Zr/c2*1-15-10-11-18(21-9-5-6-12-22-21)20-14-17(13-19(15)20)16-7-3-2-4-8-16;1-3-2;;;/h2*2-14H,1H3;1-2H3;2*1H;/q2*-1;;;;+4/p-2. The van der Waals surface area contributed by atoms with E-state index in [1.807, 2.05) is 36.7 Å². The molecule has 0 aliphatic carbocycles. The summed E-state index contributed by atoms with van der Waals surface area (Å²) in [6, 6.07) is 51.0. The van der Waals surface area contributed by atoms with Crippen LogP contribution in [0.1, 0.15) is 11.1 Å². The van der Waals surface area contributed by atoms with Crippen molar-refractivity contribution in [3.63, 3.8) is 0 Å². The van der Waals surface area contributed by atoms with Gasteiger partial charge in [-0.1, -0.05) is 135 Å². The molecule has 0 fully saturated rings. The number of halogens is 2. The molecule has 0 unspecified atom stereocenters. The van der Waals surface area contributed by atoms with E-state index in [2.05, 4.69) is 158 Å². The molecule has 2 heterocycles. The van der Waals surface area contributed by atoms with E-state index in [0.717, 1.165) is 20.9 Å². The fourth-order valence-corrected chi connectivity index (χ4v) is 5.98. The molecule has 0 bridgehead atoms. The van der Waals surface area contributed by atoms with Crippen molar-refractivity contribution in [3.8, 4) is 44.8 Å². The Hall–Kier alpha value is -3.92. The van der Waals surface area contributed by atoms with Gasteiger partial charge in [0.15, 0.2) is 0 Å². The monoisotopic (exact) mass is 782 g/mol. The number of aromatic nitrogens is 2. The van der Waals surface area contributed by atoms with Crippen molar-refractivity contribution in [2.45, 2.75) is 26.9 Å². The van der Waals surface area contributed by atoms with Crippen LogP contribution in [0.15, 0.2) is 158 Å². The van der Waals surface area contributed by atoms with Gasteiger partial charge >= 0.3 is 37.9 Å². The van der Waals surface area contributed by atoms with E-state index in [0.29, 0.717) is 0 Å². The van der Waals surface area contributed by atoms with Gasteiger partial charge in [-0.3, -0.25) is 9.97 Å². The van der Waals surface area contributed by atoms with Crippen LogP contribution in [0.4, 0.5) is 0 Å². The van der Waals surface area contributed by atoms with Gasteiger partial charge in [0.2, 0.25) is 0 Å². The molecule has 0 saturated carbocycles. The van der Waals surface area contributed by atoms with Crippen LogP contribution in [-0.4, -0.2) is 19.5 Å². The molecule has 8 aromatic rings. The Morgan fingerprint density at radius 3 is 1.22 bits per heavy atom. The number of benzene rings is 4. The quantitative estimate of drug-likeness (QED) is 0.131. The number of nitrogens with zero attached hydrogens (tertiary/aromatic N) is 2. The van der Waals surface area contributed by atoms with Crippen molar-refractivity contribution < 1.29 is 20.8 Å². The Morgan fingerprint density at radius 2 is 0.880 bits per heavy atom. The van der Waals surface area contributed by atoms with Crippen LogP contribution in [0.3, 0.4) is 0 Å². The summed E-state index contributed by atoms with van der Waals surface area (Å²) in [7, 11) is 11.0. The molecule has 8 rings (SSSR count). The minimum absolute atomic E-state index is 0.826. The molecule has 0 amide bonds. The molecule has 0 aliphatic heterocycles. The normalized spacial score (nSPS) is 10.2. The van der Waals surface area contributed by atoms with Gasteiger partial charge in [-0.15, -0.1) is 68.1 Å². The van der Waals surface area contributed by atoms with E-state index in [9.17, 15) is 0 Å². The summed E-state index contributed by atoms with van der Waals surface area (Å²) >= 11 is -0.826. The Morgan fingerprint density at radius 1 is 0.520 bits per heavy atom. The maximum atomic E-state index is 4.93. The number of hydrogen-bond donors (Lipinski definition) is 0. The average Bonchev–Trinajstić information content (AvgIpc) is 3.82. The van der Waals surface area contributed by atoms with Gasteiger partial charge in [-0.25, -0.2) is 0 Å². The molecular formula is C44H38Cl2N2SiZr. The fraction of sp³-hybridized carbons (Fsp3) is 0.0909. The van der Waals surface area contributed by atoms with Crippen molar-refractivity contribution in [2.75, 3.05) is 0 Å². The van der Waals surface area contributed by atoms with E-state index in [4.69, 9.17) is 17.0 Å². The predicted molar refractivity (Wildman–Crippen MR) is 215 cm³/mol. The van der Waals surface area contributed by atoms with Crippen LogP contribution in [0.25, 0.3) is 66.3 Å². The van der Waals surface area contributed by atoms with Crippen molar-refractivity contribution in [2.24, 2.45) is 0 Å². The molecule has 0 spiro atoms. The van der Waals surface area contributed by atoms with Gasteiger partial charge < -0.3 is 0 Å². The predicted octanol–water partition coefficient (Wildman–Crippen LogP) is 13.4. The summed E-state index contributed by atoms with van der Waals surface area (Å²) in [5, 5.41) is 5.17. The second kappa shape index (κ2) is 18.9. The van der Waals surface area contributed by atoms with E-state index in [-0.39, 0.29) is 0 Å². The van der Waals surface area contributed by atoms with Gasteiger partial charge in [-0.2, -0.15) is 0 Å². The van der Waals surface area contributed by atoms with Gasteiger partial charge in [0.25, 0.3) is 0 Å². The van der Waals surface area contributed by atoms with Crippen molar-refractivity contribution >= 4 is 48.1 Å². The number of fused-ring (bicyclic) bond motifs is 2. The average molecular weight is 785 g/mol. The molecule has 6 heteroatoms. The Kier molecular flexibility index (Phi) is 14.1. The summed E-state index contributed by atoms with van der Waals surface area (Å²) in [5.41, 5.74) is 12.1. The topological polar surface area (TPSA) is 25.8 Å². The number of rotatable bonds is 4. The molecule has 50 heavy (non-hydrogen) atoms. The molecule has 2 aromatic heterocycles. The Labute approximate surface area is 317 Å². The van der Waals surface area contributed by atoms with E-state index >= 15 is 0 Å². The molecule has 0 saturated heterocycles. The van der Waals surface area contributed by atoms with Gasteiger partial charge in [0.1, 0.15) is 0 Å². The minimum atomic E-state index is -0.826. The molecule has 246 valence electrons. The number of aryl methyl sites for hydroxylation is 2. The first-order valence-corrected chi connectivity index (χ1v) is 24.7. The first kappa shape index (κ1) is 37.3. The molecule has 0 aliphatic rings. The van der Waals surface area contributed by atoms with Crippen molar-refractivity contribution in [1.82, 2.24) is 9.97 Å². The summed E-state index contributed by atoms with van der Waals surface area (Å²) in [6.07, 6.45) is 3.70. The van der Waals surface area contributed by atoms with Crippen molar-refractivity contribution in [1.29, 1.82) is 0 Å². The first-order valence-electron chi connectivity index (χ1n) is 16.4. The Balaban J connectivity index is 0.000000168. The third-order valence-electron chi connectivity index (χ3n) is 8.31. The van der Waals surface area contributed by atoms with Crippen molar-refractivity contribution in [3.05, 3.63) is 169 Å². The van der Waals surface area contributed by atoms with E-state index in [1.54, 1.807) is 0 Å². The van der Waals surface area contributed by atoms with Crippen LogP contribution in [0.2, 0.25) is 13.1 Å². The molecule has 0 atom stereocenters. The molecule has 2 radical (unpaired) electrons. The number of pyridine rings is 2. The molecular weight excluding hydrogens is 747 g/mol. The Bertz CT molecular complexity index is 2050. The molecule has 2 nitrogen and oxygen atoms in total. The third kappa shape index (κ3) is 9.24. The van der Waals surface area contributed by atoms with Gasteiger partial charge in [0.05, 0.1) is 11.4 Å². The van der Waals surface area contributed by atoms with Crippen LogP contribution in [-0.2, 0) is 20.8 Å². The first-order chi connectivity index (χ1) is 24.5. The molecule has 6 aromatic carbocycles. The van der Waals surface area contributed by atoms with Crippen LogP contribution in [0.5, 0.6) is 0 Å². The zero-order chi connectivity index (χ0) is 35.3.